The molecule has 0 aromatic carbocycles. The second-order valence-electron chi connectivity index (χ2n) is 4.46. The maximum atomic E-state index is 9.88. The van der Waals surface area contributed by atoms with Crippen LogP contribution >= 0.6 is 11.3 Å². The molecular weight excluding hydrogens is 260 g/mol. The summed E-state index contributed by atoms with van der Waals surface area (Å²) in [7, 11) is 0. The van der Waals surface area contributed by atoms with Crippen LogP contribution in [0.2, 0.25) is 0 Å². The molecule has 2 aromatic heterocycles. The Morgan fingerprint density at radius 1 is 1.37 bits per heavy atom. The highest BCUT2D eigenvalue weighted by Gasteiger charge is 2.13. The summed E-state index contributed by atoms with van der Waals surface area (Å²) in [6, 6.07) is 5.69. The summed E-state index contributed by atoms with van der Waals surface area (Å²) >= 11 is 1.44. The molecule has 0 saturated carbocycles. The van der Waals surface area contributed by atoms with E-state index < -0.39 is 0 Å². The van der Waals surface area contributed by atoms with E-state index in [9.17, 15) is 5.11 Å². The highest BCUT2D eigenvalue weighted by Crippen LogP contribution is 2.24. The third-order valence-electron chi connectivity index (χ3n) is 3.07. The van der Waals surface area contributed by atoms with Crippen LogP contribution in [0.3, 0.4) is 0 Å². The fourth-order valence-electron chi connectivity index (χ4n) is 1.55. The van der Waals surface area contributed by atoms with E-state index in [2.05, 4.69) is 27.4 Å². The number of hydrogen-bond donors (Lipinski definition) is 2. The third-order valence-corrected chi connectivity index (χ3v) is 3.98. The first kappa shape index (κ1) is 13.9. The zero-order valence-electron chi connectivity index (χ0n) is 11.1. The molecule has 6 heteroatoms. The lowest BCUT2D eigenvalue weighted by Gasteiger charge is -2.16. The number of rotatable bonds is 6. The Morgan fingerprint density at radius 2 is 2.21 bits per heavy atom. The van der Waals surface area contributed by atoms with Gasteiger partial charge in [-0.2, -0.15) is 0 Å². The average Bonchev–Trinajstić information content (AvgIpc) is 2.93. The highest BCUT2D eigenvalue weighted by atomic mass is 32.1. The van der Waals surface area contributed by atoms with Crippen molar-refractivity contribution in [3.05, 3.63) is 24.4 Å². The molecule has 2 N–H and O–H groups in total. The van der Waals surface area contributed by atoms with Crippen molar-refractivity contribution in [3.63, 3.8) is 0 Å². The minimum atomic E-state index is -0.368. The normalized spacial score (nSPS) is 14.1. The standard InChI is InChI=1S/C13H18N4OS/c1-3-9(2)11(18)8-15-13-17-16-12(19-13)10-6-4-5-7-14-10/h4-7,9,11,18H,3,8H2,1-2H3,(H,15,17)/t9-,11-/m1/s1. The Labute approximate surface area is 116 Å². The lowest BCUT2D eigenvalue weighted by molar-refractivity contribution is 0.126. The fourth-order valence-corrected chi connectivity index (χ4v) is 2.28. The predicted molar refractivity (Wildman–Crippen MR) is 77.1 cm³/mol. The second-order valence-corrected chi connectivity index (χ2v) is 5.44. The quantitative estimate of drug-likeness (QED) is 0.849. The van der Waals surface area contributed by atoms with Gasteiger partial charge in [0.1, 0.15) is 5.69 Å². The van der Waals surface area contributed by atoms with E-state index in [1.165, 1.54) is 11.3 Å². The molecule has 0 spiro atoms. The number of nitrogens with one attached hydrogen (secondary N) is 1. The van der Waals surface area contributed by atoms with Crippen molar-refractivity contribution in [2.75, 3.05) is 11.9 Å². The minimum Gasteiger partial charge on any atom is -0.391 e. The van der Waals surface area contributed by atoms with Crippen LogP contribution in [-0.2, 0) is 0 Å². The van der Waals surface area contributed by atoms with Crippen LogP contribution < -0.4 is 5.32 Å². The molecule has 2 aromatic rings. The number of aromatic nitrogens is 3. The van der Waals surface area contributed by atoms with Gasteiger partial charge in [-0.05, 0) is 18.1 Å². The molecule has 2 rings (SSSR count). The van der Waals surface area contributed by atoms with Crippen molar-refractivity contribution in [1.82, 2.24) is 15.2 Å². The smallest absolute Gasteiger partial charge is 0.206 e. The largest absolute Gasteiger partial charge is 0.391 e. The van der Waals surface area contributed by atoms with E-state index >= 15 is 0 Å². The molecule has 0 fully saturated rings. The summed E-state index contributed by atoms with van der Waals surface area (Å²) in [5, 5.41) is 22.6. The van der Waals surface area contributed by atoms with Crippen LogP contribution in [0.1, 0.15) is 20.3 Å². The maximum Gasteiger partial charge on any atom is 0.206 e. The van der Waals surface area contributed by atoms with Crippen molar-refractivity contribution in [2.24, 2.45) is 5.92 Å². The molecule has 102 valence electrons. The first-order chi connectivity index (χ1) is 9.20. The Balaban J connectivity index is 1.95. The van der Waals surface area contributed by atoms with E-state index in [1.807, 2.05) is 25.1 Å². The molecule has 2 atom stereocenters. The molecule has 0 saturated heterocycles. The van der Waals surface area contributed by atoms with Gasteiger partial charge >= 0.3 is 0 Å². The summed E-state index contributed by atoms with van der Waals surface area (Å²) < 4.78 is 0. The van der Waals surface area contributed by atoms with Crippen LogP contribution in [-0.4, -0.2) is 32.9 Å². The van der Waals surface area contributed by atoms with Crippen molar-refractivity contribution in [3.8, 4) is 10.7 Å². The molecule has 0 amide bonds. The Bertz CT molecular complexity index is 502. The van der Waals surface area contributed by atoms with Crippen LogP contribution in [0.4, 0.5) is 5.13 Å². The first-order valence-corrected chi connectivity index (χ1v) is 7.19. The van der Waals surface area contributed by atoms with Crippen molar-refractivity contribution in [1.29, 1.82) is 0 Å². The molecule has 0 aliphatic heterocycles. The maximum absolute atomic E-state index is 9.88. The molecule has 0 radical (unpaired) electrons. The lowest BCUT2D eigenvalue weighted by Crippen LogP contribution is -2.26. The van der Waals surface area contributed by atoms with Crippen molar-refractivity contribution < 1.29 is 5.11 Å². The Morgan fingerprint density at radius 3 is 2.89 bits per heavy atom. The SMILES string of the molecule is CC[C@@H](C)[C@H](O)CNc1nnc(-c2ccccn2)s1. The van der Waals surface area contributed by atoms with Gasteiger partial charge in [-0.15, -0.1) is 10.2 Å². The monoisotopic (exact) mass is 278 g/mol. The Hall–Kier alpha value is -1.53. The fraction of sp³-hybridized carbons (Fsp3) is 0.462. The van der Waals surface area contributed by atoms with E-state index in [0.717, 1.165) is 17.1 Å². The molecule has 0 aliphatic carbocycles. The number of hydrogen-bond acceptors (Lipinski definition) is 6. The third kappa shape index (κ3) is 3.71. The van der Waals surface area contributed by atoms with E-state index in [0.29, 0.717) is 11.7 Å². The van der Waals surface area contributed by atoms with Gasteiger partial charge < -0.3 is 10.4 Å². The van der Waals surface area contributed by atoms with Gasteiger partial charge in [0.2, 0.25) is 5.13 Å². The lowest BCUT2D eigenvalue weighted by atomic mass is 10.0. The van der Waals surface area contributed by atoms with Crippen LogP contribution in [0.25, 0.3) is 10.7 Å². The van der Waals surface area contributed by atoms with Crippen molar-refractivity contribution in [2.45, 2.75) is 26.4 Å². The van der Waals surface area contributed by atoms with Gasteiger partial charge in [-0.25, -0.2) is 0 Å². The van der Waals surface area contributed by atoms with Crippen LogP contribution in [0.5, 0.6) is 0 Å². The molecular formula is C13H18N4OS. The summed E-state index contributed by atoms with van der Waals surface area (Å²) in [5.41, 5.74) is 0.815. The van der Waals surface area contributed by atoms with E-state index in [-0.39, 0.29) is 12.0 Å². The summed E-state index contributed by atoms with van der Waals surface area (Å²) in [6.45, 7) is 4.59. The van der Waals surface area contributed by atoms with Gasteiger partial charge in [-0.1, -0.05) is 37.7 Å². The predicted octanol–water partition coefficient (Wildman–Crippen LogP) is 2.42. The van der Waals surface area contributed by atoms with Crippen LogP contribution in [0.15, 0.2) is 24.4 Å². The average molecular weight is 278 g/mol. The van der Waals surface area contributed by atoms with Gasteiger partial charge in [-0.3, -0.25) is 4.98 Å². The van der Waals surface area contributed by atoms with Crippen molar-refractivity contribution >= 4 is 16.5 Å². The van der Waals surface area contributed by atoms with Gasteiger partial charge in [0, 0.05) is 12.7 Å². The molecule has 0 bridgehead atoms. The number of aliphatic hydroxyl groups is 1. The number of aliphatic hydroxyl groups excluding tert-OH is 1. The summed E-state index contributed by atoms with van der Waals surface area (Å²) in [6.07, 6.45) is 2.32. The van der Waals surface area contributed by atoms with Gasteiger partial charge in [0.25, 0.3) is 0 Å². The summed E-state index contributed by atoms with van der Waals surface area (Å²) in [4.78, 5) is 4.23. The topological polar surface area (TPSA) is 70.9 Å². The minimum absolute atomic E-state index is 0.274. The molecule has 19 heavy (non-hydrogen) atoms. The molecule has 5 nitrogen and oxygen atoms in total. The van der Waals surface area contributed by atoms with E-state index in [1.54, 1.807) is 6.20 Å². The summed E-state index contributed by atoms with van der Waals surface area (Å²) in [5.74, 6) is 0.274. The zero-order valence-corrected chi connectivity index (χ0v) is 11.9. The number of pyridine rings is 1. The number of anilines is 1. The highest BCUT2D eigenvalue weighted by molar-refractivity contribution is 7.18. The molecule has 2 heterocycles. The molecule has 0 aliphatic rings. The van der Waals surface area contributed by atoms with Gasteiger partial charge in [0.05, 0.1) is 6.10 Å². The second kappa shape index (κ2) is 6.58. The zero-order chi connectivity index (χ0) is 13.7. The van der Waals surface area contributed by atoms with E-state index in [4.69, 9.17) is 0 Å². The Kier molecular flexibility index (Phi) is 4.81. The first-order valence-electron chi connectivity index (χ1n) is 6.37. The molecule has 0 unspecified atom stereocenters. The number of nitrogens with zero attached hydrogens (tertiary/aromatic N) is 3. The van der Waals surface area contributed by atoms with Crippen LogP contribution in [0, 0.1) is 5.92 Å². The van der Waals surface area contributed by atoms with Gasteiger partial charge in [0.15, 0.2) is 5.01 Å².